The topological polar surface area (TPSA) is 75.6 Å². The van der Waals surface area contributed by atoms with Crippen LogP contribution in [0.15, 0.2) is 0 Å². The van der Waals surface area contributed by atoms with E-state index < -0.39 is 11.4 Å². The number of hydrogen-bond acceptors (Lipinski definition) is 3. The van der Waals surface area contributed by atoms with Crippen LogP contribution in [-0.4, -0.2) is 35.2 Å². The van der Waals surface area contributed by atoms with Crippen LogP contribution < -0.4 is 5.32 Å². The Bertz CT molecular complexity index is 319. The van der Waals surface area contributed by atoms with E-state index in [9.17, 15) is 9.59 Å². The largest absolute Gasteiger partial charge is 0.481 e. The molecule has 2 heterocycles. The number of carbonyl (C=O) groups excluding carboxylic acids is 1. The fourth-order valence-electron chi connectivity index (χ4n) is 2.81. The summed E-state index contributed by atoms with van der Waals surface area (Å²) in [5.41, 5.74) is -1.06. The Morgan fingerprint density at radius 1 is 1.53 bits per heavy atom. The van der Waals surface area contributed by atoms with Crippen LogP contribution in [0.1, 0.15) is 26.7 Å². The maximum absolute atomic E-state index is 11.2. The summed E-state index contributed by atoms with van der Waals surface area (Å²) in [5, 5.41) is 11.8. The van der Waals surface area contributed by atoms with E-state index in [0.717, 1.165) is 0 Å². The minimum Gasteiger partial charge on any atom is -0.481 e. The number of rotatable bonds is 3. The fraction of sp³-hybridized carbons (Fsp3) is 0.800. The summed E-state index contributed by atoms with van der Waals surface area (Å²) in [7, 11) is 0. The molecular weight excluding hydrogens is 198 g/mol. The lowest BCUT2D eigenvalue weighted by molar-refractivity contribution is -0.154. The summed E-state index contributed by atoms with van der Waals surface area (Å²) in [6, 6.07) is 0. The van der Waals surface area contributed by atoms with Crippen LogP contribution in [0.4, 0.5) is 0 Å². The molecular formula is C10H15NO4. The van der Waals surface area contributed by atoms with Gasteiger partial charge in [0.1, 0.15) is 5.41 Å². The van der Waals surface area contributed by atoms with Crippen LogP contribution in [0.2, 0.25) is 0 Å². The van der Waals surface area contributed by atoms with Gasteiger partial charge in [-0.1, -0.05) is 0 Å². The van der Waals surface area contributed by atoms with Gasteiger partial charge in [0.15, 0.2) is 0 Å². The molecule has 3 rings (SSSR count). The van der Waals surface area contributed by atoms with Gasteiger partial charge in [-0.05, 0) is 19.8 Å². The van der Waals surface area contributed by atoms with Crippen molar-refractivity contribution < 1.29 is 19.4 Å². The smallest absolute Gasteiger partial charge is 0.312 e. The van der Waals surface area contributed by atoms with E-state index in [2.05, 4.69) is 5.32 Å². The molecule has 5 heteroatoms. The highest BCUT2D eigenvalue weighted by Gasteiger charge is 2.69. The Kier molecular flexibility index (Phi) is 2.05. The normalized spacial score (nSPS) is 42.1. The van der Waals surface area contributed by atoms with Crippen LogP contribution >= 0.6 is 0 Å². The van der Waals surface area contributed by atoms with Crippen molar-refractivity contribution in [3.8, 4) is 0 Å². The third-order valence-corrected chi connectivity index (χ3v) is 3.38. The summed E-state index contributed by atoms with van der Waals surface area (Å²) in [5.74, 6) is -0.971. The number of nitrogens with one attached hydrogen (secondary N) is 1. The zero-order valence-corrected chi connectivity index (χ0v) is 8.87. The first-order valence-electron chi connectivity index (χ1n) is 5.04. The molecule has 1 aliphatic carbocycles. The molecule has 3 fully saturated rings. The van der Waals surface area contributed by atoms with Gasteiger partial charge in [-0.2, -0.15) is 0 Å². The lowest BCUT2D eigenvalue weighted by Crippen LogP contribution is -2.50. The summed E-state index contributed by atoms with van der Waals surface area (Å²) >= 11 is 0. The molecule has 0 spiro atoms. The number of amides is 1. The molecule has 84 valence electrons. The second-order valence-corrected chi connectivity index (χ2v) is 4.81. The molecule has 2 bridgehead atoms. The molecule has 0 aromatic heterocycles. The zero-order chi connectivity index (χ0) is 11.3. The fourth-order valence-corrected chi connectivity index (χ4v) is 2.81. The van der Waals surface area contributed by atoms with E-state index in [1.165, 1.54) is 6.92 Å². The van der Waals surface area contributed by atoms with Crippen molar-refractivity contribution >= 4 is 11.9 Å². The van der Waals surface area contributed by atoms with Crippen molar-refractivity contribution in [3.05, 3.63) is 0 Å². The van der Waals surface area contributed by atoms with Crippen molar-refractivity contribution in [1.82, 2.24) is 5.32 Å². The Labute approximate surface area is 87.8 Å². The molecule has 15 heavy (non-hydrogen) atoms. The van der Waals surface area contributed by atoms with Crippen LogP contribution in [0.25, 0.3) is 0 Å². The Morgan fingerprint density at radius 2 is 2.13 bits per heavy atom. The van der Waals surface area contributed by atoms with E-state index in [-0.39, 0.29) is 24.2 Å². The monoisotopic (exact) mass is 213 g/mol. The summed E-state index contributed by atoms with van der Waals surface area (Å²) in [4.78, 5) is 21.9. The molecule has 2 N–H and O–H groups in total. The van der Waals surface area contributed by atoms with E-state index >= 15 is 0 Å². The molecule has 3 aliphatic rings. The second kappa shape index (κ2) is 2.95. The average Bonchev–Trinajstić information content (AvgIpc) is 2.49. The lowest BCUT2D eigenvalue weighted by Gasteiger charge is -2.39. The van der Waals surface area contributed by atoms with Gasteiger partial charge in [-0.3, -0.25) is 9.59 Å². The number of fused-ring (bicyclic) bond motifs is 1. The van der Waals surface area contributed by atoms with Gasteiger partial charge in [0.25, 0.3) is 0 Å². The Balaban J connectivity index is 2.06. The summed E-state index contributed by atoms with van der Waals surface area (Å²) in [6.07, 6.45) is 0.725. The number of carboxylic acid groups (broad SMARTS) is 1. The molecule has 1 unspecified atom stereocenters. The van der Waals surface area contributed by atoms with Crippen molar-refractivity contribution in [2.24, 2.45) is 5.41 Å². The number of carbonyl (C=O) groups is 2. The first-order valence-corrected chi connectivity index (χ1v) is 5.04. The highest BCUT2D eigenvalue weighted by Crippen LogP contribution is 2.61. The first-order chi connectivity index (χ1) is 6.88. The molecule has 1 amide bonds. The molecule has 0 radical (unpaired) electrons. The second-order valence-electron chi connectivity index (χ2n) is 4.81. The number of aliphatic carboxylic acids is 1. The molecule has 1 atom stereocenters. The highest BCUT2D eigenvalue weighted by molar-refractivity contribution is 5.79. The van der Waals surface area contributed by atoms with Crippen LogP contribution in [0, 0.1) is 5.41 Å². The van der Waals surface area contributed by atoms with Gasteiger partial charge in [-0.15, -0.1) is 0 Å². The van der Waals surface area contributed by atoms with Crippen LogP contribution in [-0.2, 0) is 14.3 Å². The number of ether oxygens (including phenoxy) is 1. The Hall–Kier alpha value is -1.10. The van der Waals surface area contributed by atoms with Gasteiger partial charge in [-0.25, -0.2) is 0 Å². The third kappa shape index (κ3) is 1.42. The van der Waals surface area contributed by atoms with Crippen molar-refractivity contribution in [2.45, 2.75) is 38.4 Å². The summed E-state index contributed by atoms with van der Waals surface area (Å²) in [6.45, 7) is 3.62. The first kappa shape index (κ1) is 10.4. The maximum atomic E-state index is 11.2. The van der Waals surface area contributed by atoms with E-state index in [1.54, 1.807) is 0 Å². The SMILES string of the molecule is CC(=O)NCC1OC2(C)CC1(C(=O)O)C2. The quantitative estimate of drug-likeness (QED) is 0.699. The van der Waals surface area contributed by atoms with Gasteiger partial charge in [0.05, 0.1) is 11.7 Å². The molecule has 0 aromatic rings. The van der Waals surface area contributed by atoms with Crippen molar-refractivity contribution in [2.75, 3.05) is 6.54 Å². The van der Waals surface area contributed by atoms with Crippen LogP contribution in [0.3, 0.4) is 0 Å². The van der Waals surface area contributed by atoms with Crippen LogP contribution in [0.5, 0.6) is 0 Å². The average molecular weight is 213 g/mol. The highest BCUT2D eigenvalue weighted by atomic mass is 16.5. The molecule has 1 saturated carbocycles. The van der Waals surface area contributed by atoms with Gasteiger partial charge < -0.3 is 15.2 Å². The molecule has 5 nitrogen and oxygen atoms in total. The summed E-state index contributed by atoms with van der Waals surface area (Å²) < 4.78 is 5.64. The minimum absolute atomic E-state index is 0.159. The van der Waals surface area contributed by atoms with Gasteiger partial charge >= 0.3 is 5.97 Å². The predicted molar refractivity (Wildman–Crippen MR) is 51.3 cm³/mol. The van der Waals surface area contributed by atoms with E-state index in [4.69, 9.17) is 9.84 Å². The third-order valence-electron chi connectivity index (χ3n) is 3.38. The maximum Gasteiger partial charge on any atom is 0.312 e. The standard InChI is InChI=1S/C10H15NO4/c1-6(12)11-3-7-10(8(13)14)4-9(2,5-10)15-7/h7H,3-5H2,1-2H3,(H,11,12)(H,13,14). The van der Waals surface area contributed by atoms with E-state index in [0.29, 0.717) is 12.8 Å². The van der Waals surface area contributed by atoms with Crippen molar-refractivity contribution in [1.29, 1.82) is 0 Å². The predicted octanol–water partition coefficient (Wildman–Crippen LogP) is 0.145. The molecule has 0 aromatic carbocycles. The zero-order valence-electron chi connectivity index (χ0n) is 8.87. The Morgan fingerprint density at radius 3 is 2.60 bits per heavy atom. The lowest BCUT2D eigenvalue weighted by atomic mass is 9.60. The number of hydrogen-bond donors (Lipinski definition) is 2. The molecule has 2 aliphatic heterocycles. The number of carboxylic acids is 1. The minimum atomic E-state index is -0.812. The van der Waals surface area contributed by atoms with Gasteiger partial charge in [0.2, 0.25) is 5.91 Å². The molecule has 2 saturated heterocycles. The van der Waals surface area contributed by atoms with Crippen molar-refractivity contribution in [3.63, 3.8) is 0 Å². The van der Waals surface area contributed by atoms with E-state index in [1.807, 2.05) is 6.92 Å². The van der Waals surface area contributed by atoms with Gasteiger partial charge in [0, 0.05) is 13.5 Å².